The standard InChI is InChI=1S/C22H26N4O4S/c1-15(2)13-25-21(16(3)30-20-7-5-6-19(12-20)29-4)23-24-22(25)31-14-17-8-10-18(11-9-17)26(27)28/h5-12,15-16H,13-14H2,1-4H3. The third-order valence-corrected chi connectivity index (χ3v) is 5.56. The number of nitro groups is 1. The van der Waals surface area contributed by atoms with E-state index in [0.29, 0.717) is 17.4 Å². The molecule has 0 saturated heterocycles. The minimum Gasteiger partial charge on any atom is -0.497 e. The van der Waals surface area contributed by atoms with Gasteiger partial charge in [-0.2, -0.15) is 0 Å². The van der Waals surface area contributed by atoms with E-state index < -0.39 is 4.92 Å². The Morgan fingerprint density at radius 1 is 1.10 bits per heavy atom. The van der Waals surface area contributed by atoms with Crippen LogP contribution in [-0.4, -0.2) is 26.8 Å². The van der Waals surface area contributed by atoms with Crippen LogP contribution in [0, 0.1) is 16.0 Å². The largest absolute Gasteiger partial charge is 0.497 e. The SMILES string of the molecule is COc1cccc(OC(C)c2nnc(SCc3ccc([N+](=O)[O-])cc3)n2CC(C)C)c1. The number of benzene rings is 2. The molecule has 0 fully saturated rings. The highest BCUT2D eigenvalue weighted by molar-refractivity contribution is 7.98. The molecule has 0 aliphatic carbocycles. The number of rotatable bonds is 10. The lowest BCUT2D eigenvalue weighted by Gasteiger charge is -2.18. The minimum atomic E-state index is -0.397. The molecule has 0 aliphatic rings. The first-order valence-electron chi connectivity index (χ1n) is 9.97. The maximum Gasteiger partial charge on any atom is 0.269 e. The highest BCUT2D eigenvalue weighted by Crippen LogP contribution is 2.29. The van der Waals surface area contributed by atoms with Crippen molar-refractivity contribution in [2.24, 2.45) is 5.92 Å². The van der Waals surface area contributed by atoms with Crippen LogP contribution in [0.4, 0.5) is 5.69 Å². The molecule has 1 atom stereocenters. The van der Waals surface area contributed by atoms with Gasteiger partial charge in [0.25, 0.3) is 5.69 Å². The fourth-order valence-corrected chi connectivity index (χ4v) is 3.95. The summed E-state index contributed by atoms with van der Waals surface area (Å²) in [6.45, 7) is 6.99. The maximum absolute atomic E-state index is 10.8. The number of ether oxygens (including phenoxy) is 2. The number of methoxy groups -OCH3 is 1. The molecule has 3 rings (SSSR count). The van der Waals surface area contributed by atoms with Crippen molar-refractivity contribution < 1.29 is 14.4 Å². The lowest BCUT2D eigenvalue weighted by atomic mass is 10.2. The van der Waals surface area contributed by atoms with E-state index in [0.717, 1.165) is 28.8 Å². The zero-order chi connectivity index (χ0) is 22.4. The Hall–Kier alpha value is -3.07. The first-order valence-corrected chi connectivity index (χ1v) is 11.0. The lowest BCUT2D eigenvalue weighted by Crippen LogP contribution is -2.15. The van der Waals surface area contributed by atoms with E-state index in [2.05, 4.69) is 28.6 Å². The van der Waals surface area contributed by atoms with Gasteiger partial charge in [0.2, 0.25) is 0 Å². The molecule has 0 saturated carbocycles. The normalized spacial score (nSPS) is 12.0. The van der Waals surface area contributed by atoms with Gasteiger partial charge in [-0.25, -0.2) is 0 Å². The van der Waals surface area contributed by atoms with Gasteiger partial charge in [0.15, 0.2) is 17.1 Å². The summed E-state index contributed by atoms with van der Waals surface area (Å²) in [5, 5.41) is 20.4. The van der Waals surface area contributed by atoms with Crippen LogP contribution >= 0.6 is 11.8 Å². The Morgan fingerprint density at radius 2 is 1.81 bits per heavy atom. The molecule has 0 aliphatic heterocycles. The summed E-state index contributed by atoms with van der Waals surface area (Å²) in [5.74, 6) is 3.22. The summed E-state index contributed by atoms with van der Waals surface area (Å²) < 4.78 is 13.5. The number of non-ortho nitro benzene ring substituents is 1. The van der Waals surface area contributed by atoms with E-state index in [1.165, 1.54) is 12.1 Å². The first-order chi connectivity index (χ1) is 14.9. The van der Waals surface area contributed by atoms with Gasteiger partial charge in [-0.15, -0.1) is 10.2 Å². The van der Waals surface area contributed by atoms with E-state index in [9.17, 15) is 10.1 Å². The van der Waals surface area contributed by atoms with E-state index in [4.69, 9.17) is 9.47 Å². The molecule has 8 nitrogen and oxygen atoms in total. The molecule has 1 unspecified atom stereocenters. The van der Waals surface area contributed by atoms with Crippen molar-refractivity contribution >= 4 is 17.4 Å². The van der Waals surface area contributed by atoms with E-state index in [1.54, 1.807) is 31.0 Å². The topological polar surface area (TPSA) is 92.3 Å². The second-order valence-corrected chi connectivity index (χ2v) is 8.44. The van der Waals surface area contributed by atoms with Gasteiger partial charge in [0, 0.05) is 30.5 Å². The fourth-order valence-electron chi connectivity index (χ4n) is 3.04. The maximum atomic E-state index is 10.8. The molecule has 0 bridgehead atoms. The van der Waals surface area contributed by atoms with Crippen molar-refractivity contribution in [2.45, 2.75) is 44.3 Å². The molecule has 9 heteroatoms. The van der Waals surface area contributed by atoms with Crippen LogP contribution in [0.1, 0.15) is 38.3 Å². The molecular weight excluding hydrogens is 416 g/mol. The number of nitrogens with zero attached hydrogens (tertiary/aromatic N) is 4. The quantitative estimate of drug-likeness (QED) is 0.239. The van der Waals surface area contributed by atoms with Crippen molar-refractivity contribution in [1.82, 2.24) is 14.8 Å². The van der Waals surface area contributed by atoms with Crippen molar-refractivity contribution in [2.75, 3.05) is 7.11 Å². The molecule has 0 amide bonds. The molecule has 3 aromatic rings. The van der Waals surface area contributed by atoms with Crippen molar-refractivity contribution in [3.05, 3.63) is 70.0 Å². The van der Waals surface area contributed by atoms with Gasteiger partial charge < -0.3 is 14.0 Å². The molecular formula is C22H26N4O4S. The van der Waals surface area contributed by atoms with Crippen LogP contribution in [0.2, 0.25) is 0 Å². The third kappa shape index (κ3) is 5.97. The van der Waals surface area contributed by atoms with Crippen molar-refractivity contribution in [3.8, 4) is 11.5 Å². The van der Waals surface area contributed by atoms with Gasteiger partial charge in [0.1, 0.15) is 11.5 Å². The number of hydrogen-bond donors (Lipinski definition) is 0. The summed E-state index contributed by atoms with van der Waals surface area (Å²) in [6, 6.07) is 14.0. The highest BCUT2D eigenvalue weighted by Gasteiger charge is 2.20. The summed E-state index contributed by atoms with van der Waals surface area (Å²) in [7, 11) is 1.62. The Bertz CT molecular complexity index is 1020. The van der Waals surface area contributed by atoms with Gasteiger partial charge >= 0.3 is 0 Å². The van der Waals surface area contributed by atoms with E-state index in [-0.39, 0.29) is 11.8 Å². The van der Waals surface area contributed by atoms with Crippen molar-refractivity contribution in [1.29, 1.82) is 0 Å². The smallest absolute Gasteiger partial charge is 0.269 e. The molecule has 2 aromatic carbocycles. The van der Waals surface area contributed by atoms with Crippen LogP contribution in [0.5, 0.6) is 11.5 Å². The number of hydrogen-bond acceptors (Lipinski definition) is 7. The predicted molar refractivity (Wildman–Crippen MR) is 120 cm³/mol. The summed E-state index contributed by atoms with van der Waals surface area (Å²) in [5.41, 5.74) is 1.07. The number of nitro benzene ring substituents is 1. The van der Waals surface area contributed by atoms with Gasteiger partial charge in [-0.05, 0) is 30.5 Å². The zero-order valence-electron chi connectivity index (χ0n) is 18.0. The second-order valence-electron chi connectivity index (χ2n) is 7.50. The molecule has 0 N–H and O–H groups in total. The Labute approximate surface area is 185 Å². The van der Waals surface area contributed by atoms with Gasteiger partial charge in [0.05, 0.1) is 12.0 Å². The van der Waals surface area contributed by atoms with E-state index in [1.807, 2.05) is 31.2 Å². The second kappa shape index (κ2) is 10.3. The van der Waals surface area contributed by atoms with E-state index >= 15 is 0 Å². The molecule has 0 radical (unpaired) electrons. The number of aromatic nitrogens is 3. The third-order valence-electron chi connectivity index (χ3n) is 4.53. The molecule has 31 heavy (non-hydrogen) atoms. The average molecular weight is 443 g/mol. The van der Waals surface area contributed by atoms with Crippen LogP contribution < -0.4 is 9.47 Å². The van der Waals surface area contributed by atoms with Crippen LogP contribution in [-0.2, 0) is 12.3 Å². The monoisotopic (exact) mass is 442 g/mol. The first kappa shape index (κ1) is 22.6. The molecule has 164 valence electrons. The predicted octanol–water partition coefficient (Wildman–Crippen LogP) is 5.28. The molecule has 0 spiro atoms. The fraction of sp³-hybridized carbons (Fsp3) is 0.364. The van der Waals surface area contributed by atoms with Crippen LogP contribution in [0.3, 0.4) is 0 Å². The highest BCUT2D eigenvalue weighted by atomic mass is 32.2. The molecule has 1 aromatic heterocycles. The Morgan fingerprint density at radius 3 is 2.45 bits per heavy atom. The zero-order valence-corrected chi connectivity index (χ0v) is 18.8. The van der Waals surface area contributed by atoms with Gasteiger partial charge in [-0.3, -0.25) is 10.1 Å². The minimum absolute atomic E-state index is 0.0857. The van der Waals surface area contributed by atoms with Gasteiger partial charge in [-0.1, -0.05) is 43.8 Å². The average Bonchev–Trinajstić information content (AvgIpc) is 3.14. The molecule has 1 heterocycles. The van der Waals surface area contributed by atoms with Crippen molar-refractivity contribution in [3.63, 3.8) is 0 Å². The Kier molecular flexibility index (Phi) is 7.51. The van der Waals surface area contributed by atoms with Crippen LogP contribution in [0.25, 0.3) is 0 Å². The summed E-state index contributed by atoms with van der Waals surface area (Å²) >= 11 is 1.55. The summed E-state index contributed by atoms with van der Waals surface area (Å²) in [4.78, 5) is 10.4. The summed E-state index contributed by atoms with van der Waals surface area (Å²) in [6.07, 6.45) is -0.299. The Balaban J connectivity index is 1.76. The lowest BCUT2D eigenvalue weighted by molar-refractivity contribution is -0.384. The number of thioether (sulfide) groups is 1. The van der Waals surface area contributed by atoms with Crippen LogP contribution in [0.15, 0.2) is 53.7 Å².